The van der Waals surface area contributed by atoms with E-state index in [0.29, 0.717) is 22.7 Å². The van der Waals surface area contributed by atoms with E-state index in [1.807, 2.05) is 30.3 Å². The molecule has 10 nitrogen and oxygen atoms in total. The second-order valence-corrected chi connectivity index (χ2v) is 9.17. The number of methoxy groups -OCH3 is 2. The predicted octanol–water partition coefficient (Wildman–Crippen LogP) is 3.55. The number of aromatic nitrogens is 1. The Balaban J connectivity index is 1.85. The molecular formula is C28H27N5O5S. The van der Waals surface area contributed by atoms with E-state index in [2.05, 4.69) is 9.69 Å². The molecule has 200 valence electrons. The fourth-order valence-electron chi connectivity index (χ4n) is 3.97. The summed E-state index contributed by atoms with van der Waals surface area (Å²) in [4.78, 5) is 41.1. The molecule has 0 radical (unpaired) electrons. The van der Waals surface area contributed by atoms with Crippen LogP contribution in [0.15, 0.2) is 78.9 Å². The van der Waals surface area contributed by atoms with Gasteiger partial charge in [-0.05, 0) is 46.9 Å². The van der Waals surface area contributed by atoms with E-state index in [-0.39, 0.29) is 22.8 Å². The van der Waals surface area contributed by atoms with Crippen LogP contribution in [0, 0.1) is 0 Å². The molecule has 1 aromatic heterocycles. The van der Waals surface area contributed by atoms with E-state index in [9.17, 15) is 14.4 Å². The lowest BCUT2D eigenvalue weighted by Crippen LogP contribution is -2.44. The number of nitrogens with zero attached hydrogens (tertiary/aromatic N) is 2. The maximum absolute atomic E-state index is 14.1. The topological polar surface area (TPSA) is 150 Å². The van der Waals surface area contributed by atoms with Gasteiger partial charge in [-0.2, -0.15) is 4.37 Å². The third-order valence-electron chi connectivity index (χ3n) is 5.95. The number of ether oxygens (including phenoxy) is 2. The summed E-state index contributed by atoms with van der Waals surface area (Å²) in [6.45, 7) is 0.237. The van der Waals surface area contributed by atoms with Crippen molar-refractivity contribution in [3.8, 4) is 11.5 Å². The van der Waals surface area contributed by atoms with E-state index in [1.54, 1.807) is 48.5 Å². The monoisotopic (exact) mass is 545 g/mol. The molecule has 1 atom stereocenters. The number of nitrogens with two attached hydrogens (primary N) is 2. The van der Waals surface area contributed by atoms with Gasteiger partial charge in [0.25, 0.3) is 11.8 Å². The van der Waals surface area contributed by atoms with Gasteiger partial charge in [0.15, 0.2) is 5.69 Å². The number of nitrogens with one attached hydrogen (secondary N) is 1. The van der Waals surface area contributed by atoms with E-state index < -0.39 is 23.8 Å². The van der Waals surface area contributed by atoms with Crippen molar-refractivity contribution in [2.24, 2.45) is 5.73 Å². The highest BCUT2D eigenvalue weighted by atomic mass is 32.1. The summed E-state index contributed by atoms with van der Waals surface area (Å²) >= 11 is 0.736. The molecule has 39 heavy (non-hydrogen) atoms. The molecule has 0 unspecified atom stereocenters. The summed E-state index contributed by atoms with van der Waals surface area (Å²) in [5, 5.41) is 2.94. The highest BCUT2D eigenvalue weighted by molar-refractivity contribution is 7.09. The lowest BCUT2D eigenvalue weighted by molar-refractivity contribution is -0.122. The third-order valence-corrected chi connectivity index (χ3v) is 6.80. The average Bonchev–Trinajstić information content (AvgIpc) is 3.36. The number of amides is 3. The van der Waals surface area contributed by atoms with Crippen molar-refractivity contribution < 1.29 is 23.9 Å². The van der Waals surface area contributed by atoms with Gasteiger partial charge >= 0.3 is 0 Å². The Morgan fingerprint density at radius 3 is 2.26 bits per heavy atom. The SMILES string of the molecule is COc1ccc([C@H](C(=O)NCc2ccccc2)N(C(=O)c2snc(C(N)=O)c2N)c2cccc(OC)c2)cc1. The first-order valence-corrected chi connectivity index (χ1v) is 12.6. The van der Waals surface area contributed by atoms with Crippen LogP contribution in [0.25, 0.3) is 0 Å². The van der Waals surface area contributed by atoms with Crippen molar-refractivity contribution in [1.82, 2.24) is 9.69 Å². The Hall–Kier alpha value is -4.90. The molecule has 0 aliphatic rings. The van der Waals surface area contributed by atoms with Crippen LogP contribution in [0.4, 0.5) is 11.4 Å². The van der Waals surface area contributed by atoms with E-state index >= 15 is 0 Å². The van der Waals surface area contributed by atoms with Crippen molar-refractivity contribution in [2.45, 2.75) is 12.6 Å². The number of rotatable bonds is 10. The molecule has 4 rings (SSSR count). The van der Waals surface area contributed by atoms with Crippen LogP contribution in [0.3, 0.4) is 0 Å². The Kier molecular flexibility index (Phi) is 8.42. The van der Waals surface area contributed by atoms with E-state index in [4.69, 9.17) is 20.9 Å². The number of benzene rings is 3. The smallest absolute Gasteiger partial charge is 0.273 e. The molecule has 0 aliphatic carbocycles. The lowest BCUT2D eigenvalue weighted by Gasteiger charge is -2.31. The molecule has 0 spiro atoms. The van der Waals surface area contributed by atoms with Gasteiger partial charge in [0.05, 0.1) is 19.9 Å². The van der Waals surface area contributed by atoms with E-state index in [0.717, 1.165) is 17.1 Å². The van der Waals surface area contributed by atoms with Crippen LogP contribution in [0.1, 0.15) is 37.3 Å². The Bertz CT molecular complexity index is 1470. The number of hydrogen-bond acceptors (Lipinski definition) is 8. The molecule has 3 aromatic carbocycles. The number of nitrogen functional groups attached to an aromatic ring is 1. The van der Waals surface area contributed by atoms with Crippen LogP contribution in [-0.4, -0.2) is 36.3 Å². The Morgan fingerprint density at radius 1 is 0.949 bits per heavy atom. The van der Waals surface area contributed by atoms with Crippen LogP contribution in [0.2, 0.25) is 0 Å². The Morgan fingerprint density at radius 2 is 1.64 bits per heavy atom. The molecule has 0 fully saturated rings. The fourth-order valence-corrected chi connectivity index (χ4v) is 4.71. The van der Waals surface area contributed by atoms with Gasteiger partial charge in [-0.25, -0.2) is 0 Å². The van der Waals surface area contributed by atoms with Crippen molar-refractivity contribution in [1.29, 1.82) is 0 Å². The first kappa shape index (κ1) is 27.1. The van der Waals surface area contributed by atoms with Gasteiger partial charge in [-0.15, -0.1) is 0 Å². The van der Waals surface area contributed by atoms with Gasteiger partial charge in [-0.3, -0.25) is 19.3 Å². The second kappa shape index (κ2) is 12.1. The summed E-state index contributed by atoms with van der Waals surface area (Å²) in [5.41, 5.74) is 12.9. The molecule has 4 aromatic rings. The van der Waals surface area contributed by atoms with Crippen molar-refractivity contribution >= 4 is 40.6 Å². The van der Waals surface area contributed by atoms with Crippen LogP contribution in [-0.2, 0) is 11.3 Å². The molecule has 0 bridgehead atoms. The summed E-state index contributed by atoms with van der Waals surface area (Å²) in [6, 6.07) is 21.8. The first-order valence-electron chi connectivity index (χ1n) is 11.8. The molecule has 0 aliphatic heterocycles. The van der Waals surface area contributed by atoms with Gasteiger partial charge in [-0.1, -0.05) is 48.5 Å². The molecule has 11 heteroatoms. The maximum Gasteiger partial charge on any atom is 0.273 e. The number of anilines is 2. The zero-order valence-electron chi connectivity index (χ0n) is 21.3. The maximum atomic E-state index is 14.1. The van der Waals surface area contributed by atoms with Crippen molar-refractivity contribution in [2.75, 3.05) is 24.9 Å². The van der Waals surface area contributed by atoms with Crippen molar-refractivity contribution in [3.63, 3.8) is 0 Å². The minimum absolute atomic E-state index is 0.0269. The molecule has 0 saturated heterocycles. The molecule has 3 amide bonds. The number of carbonyl (C=O) groups excluding carboxylic acids is 3. The molecular weight excluding hydrogens is 518 g/mol. The first-order chi connectivity index (χ1) is 18.8. The Labute approximate surface area is 229 Å². The fraction of sp³-hybridized carbons (Fsp3) is 0.143. The summed E-state index contributed by atoms with van der Waals surface area (Å²) in [6.07, 6.45) is 0. The quantitative estimate of drug-likeness (QED) is 0.276. The van der Waals surface area contributed by atoms with Crippen LogP contribution in [0.5, 0.6) is 11.5 Å². The molecule has 0 saturated carbocycles. The number of hydrogen-bond donors (Lipinski definition) is 3. The van der Waals surface area contributed by atoms with Crippen LogP contribution < -0.4 is 31.2 Å². The number of primary amides is 1. The van der Waals surface area contributed by atoms with Gasteiger partial charge in [0.2, 0.25) is 5.91 Å². The highest BCUT2D eigenvalue weighted by Crippen LogP contribution is 2.35. The summed E-state index contributed by atoms with van der Waals surface area (Å²) in [7, 11) is 3.03. The van der Waals surface area contributed by atoms with Crippen LogP contribution >= 0.6 is 11.5 Å². The molecule has 1 heterocycles. The average molecular weight is 546 g/mol. The highest BCUT2D eigenvalue weighted by Gasteiger charge is 2.36. The van der Waals surface area contributed by atoms with Gasteiger partial charge in [0, 0.05) is 18.3 Å². The number of carbonyl (C=O) groups is 3. The second-order valence-electron chi connectivity index (χ2n) is 8.39. The van der Waals surface area contributed by atoms with Gasteiger partial charge < -0.3 is 26.3 Å². The minimum atomic E-state index is -1.14. The minimum Gasteiger partial charge on any atom is -0.497 e. The standard InChI is InChI=1S/C28H27N5O5S/c1-37-20-13-11-18(12-14-20)24(27(35)31-16-17-7-4-3-5-8-17)33(19-9-6-10-21(15-19)38-2)28(36)25-22(29)23(26(30)34)32-39-25/h3-15,24H,16,29H2,1-2H3,(H2,30,34)(H,31,35)/t24-/m1/s1. The van der Waals surface area contributed by atoms with E-state index in [1.165, 1.54) is 19.1 Å². The zero-order chi connectivity index (χ0) is 27.9. The van der Waals surface area contributed by atoms with Gasteiger partial charge in [0.1, 0.15) is 22.4 Å². The van der Waals surface area contributed by atoms with Crippen molar-refractivity contribution in [3.05, 3.63) is 101 Å². The zero-order valence-corrected chi connectivity index (χ0v) is 22.1. The summed E-state index contributed by atoms with van der Waals surface area (Å²) < 4.78 is 14.6. The third kappa shape index (κ3) is 5.99. The normalized spacial score (nSPS) is 11.3. The lowest BCUT2D eigenvalue weighted by atomic mass is 10.0. The largest absolute Gasteiger partial charge is 0.497 e. The predicted molar refractivity (Wildman–Crippen MR) is 149 cm³/mol. The summed E-state index contributed by atoms with van der Waals surface area (Å²) in [5.74, 6) is -0.888. The molecule has 5 N–H and O–H groups in total.